The van der Waals surface area contributed by atoms with Crippen LogP contribution in [0.4, 0.5) is 0 Å². The van der Waals surface area contributed by atoms with Crippen molar-refractivity contribution in [2.24, 2.45) is 0 Å². The molecule has 0 atom stereocenters. The lowest BCUT2D eigenvalue weighted by atomic mass is 9.92. The van der Waals surface area contributed by atoms with Crippen LogP contribution in [0, 0.1) is 4.64 Å². The van der Waals surface area contributed by atoms with Gasteiger partial charge < -0.3 is 4.98 Å². The molecule has 3 nitrogen and oxygen atoms in total. The Kier molecular flexibility index (Phi) is 3.80. The topological polar surface area (TPSA) is 41.6 Å². The molecule has 0 bridgehead atoms. The van der Waals surface area contributed by atoms with Crippen LogP contribution in [-0.2, 0) is 11.8 Å². The molecular weight excluding hydrogens is 254 g/mol. The van der Waals surface area contributed by atoms with Crippen LogP contribution in [0.25, 0.3) is 11.4 Å². The van der Waals surface area contributed by atoms with E-state index in [2.05, 4.69) is 42.6 Å². The third-order valence-corrected chi connectivity index (χ3v) is 3.30. The van der Waals surface area contributed by atoms with Crippen molar-refractivity contribution in [3.05, 3.63) is 40.4 Å². The molecule has 2 aromatic heterocycles. The van der Waals surface area contributed by atoms with E-state index in [0.29, 0.717) is 4.64 Å². The predicted molar refractivity (Wildman–Crippen MR) is 80.7 cm³/mol. The fourth-order valence-corrected chi connectivity index (χ4v) is 2.14. The van der Waals surface area contributed by atoms with Gasteiger partial charge in [-0.15, -0.1) is 0 Å². The first kappa shape index (κ1) is 13.9. The molecule has 0 radical (unpaired) electrons. The summed E-state index contributed by atoms with van der Waals surface area (Å²) in [6, 6.07) is 3.92. The molecule has 0 aromatic carbocycles. The molecule has 0 fully saturated rings. The predicted octanol–water partition coefficient (Wildman–Crippen LogP) is 4.06. The van der Waals surface area contributed by atoms with Gasteiger partial charge in [0.1, 0.15) is 10.5 Å². The second kappa shape index (κ2) is 5.21. The normalized spacial score (nSPS) is 11.6. The van der Waals surface area contributed by atoms with Gasteiger partial charge in [0.05, 0.1) is 0 Å². The first-order valence-electron chi connectivity index (χ1n) is 6.47. The standard InChI is InChI=1S/C15H19N3S/c1-5-10-9-16-7-6-11(10)14-17-12(15(2,3)4)8-13(19)18-14/h6-9H,5H2,1-4H3,(H,17,18,19). The van der Waals surface area contributed by atoms with E-state index in [4.69, 9.17) is 12.2 Å². The number of aromatic nitrogens is 3. The third kappa shape index (κ3) is 3.07. The molecule has 0 saturated heterocycles. The molecule has 2 rings (SSSR count). The number of hydrogen-bond donors (Lipinski definition) is 1. The number of aromatic amines is 1. The Morgan fingerprint density at radius 2 is 2.05 bits per heavy atom. The van der Waals surface area contributed by atoms with Gasteiger partial charge in [-0.25, -0.2) is 4.98 Å². The van der Waals surface area contributed by atoms with E-state index < -0.39 is 0 Å². The smallest absolute Gasteiger partial charge is 0.139 e. The molecule has 0 aliphatic rings. The molecule has 0 spiro atoms. The van der Waals surface area contributed by atoms with Crippen molar-refractivity contribution in [1.29, 1.82) is 0 Å². The Labute approximate surface area is 119 Å². The summed E-state index contributed by atoms with van der Waals surface area (Å²) in [6.07, 6.45) is 4.60. The highest BCUT2D eigenvalue weighted by molar-refractivity contribution is 7.71. The van der Waals surface area contributed by atoms with Crippen molar-refractivity contribution in [3.8, 4) is 11.4 Å². The van der Waals surface area contributed by atoms with Gasteiger partial charge in [0, 0.05) is 29.1 Å². The highest BCUT2D eigenvalue weighted by atomic mass is 32.1. The molecule has 0 unspecified atom stereocenters. The van der Waals surface area contributed by atoms with E-state index in [9.17, 15) is 0 Å². The quantitative estimate of drug-likeness (QED) is 0.839. The van der Waals surface area contributed by atoms with Crippen LogP contribution in [0.5, 0.6) is 0 Å². The highest BCUT2D eigenvalue weighted by Crippen LogP contribution is 2.24. The summed E-state index contributed by atoms with van der Waals surface area (Å²) < 4.78 is 0.623. The number of hydrogen-bond acceptors (Lipinski definition) is 3. The lowest BCUT2D eigenvalue weighted by Gasteiger charge is -2.20. The first-order chi connectivity index (χ1) is 8.91. The number of H-pyrrole nitrogens is 1. The molecule has 1 N–H and O–H groups in total. The van der Waals surface area contributed by atoms with Crippen LogP contribution in [0.2, 0.25) is 0 Å². The molecule has 0 amide bonds. The van der Waals surface area contributed by atoms with E-state index in [1.54, 1.807) is 6.20 Å². The van der Waals surface area contributed by atoms with Crippen molar-refractivity contribution in [3.63, 3.8) is 0 Å². The van der Waals surface area contributed by atoms with Crippen LogP contribution in [0.3, 0.4) is 0 Å². The minimum Gasteiger partial charge on any atom is -0.343 e. The summed E-state index contributed by atoms with van der Waals surface area (Å²) in [6.45, 7) is 8.59. The maximum Gasteiger partial charge on any atom is 0.139 e. The number of pyridine rings is 1. The Balaban J connectivity index is 2.63. The lowest BCUT2D eigenvalue weighted by molar-refractivity contribution is 0.567. The largest absolute Gasteiger partial charge is 0.343 e. The molecule has 19 heavy (non-hydrogen) atoms. The Morgan fingerprint density at radius 3 is 2.68 bits per heavy atom. The van der Waals surface area contributed by atoms with Crippen LogP contribution >= 0.6 is 12.2 Å². The van der Waals surface area contributed by atoms with Crippen molar-refractivity contribution < 1.29 is 0 Å². The van der Waals surface area contributed by atoms with E-state index in [1.807, 2.05) is 18.3 Å². The van der Waals surface area contributed by atoms with Gasteiger partial charge in [0.2, 0.25) is 0 Å². The molecule has 4 heteroatoms. The average Bonchev–Trinajstić information content (AvgIpc) is 2.37. The Bertz CT molecular complexity index is 638. The van der Waals surface area contributed by atoms with E-state index in [-0.39, 0.29) is 5.41 Å². The van der Waals surface area contributed by atoms with Gasteiger partial charge in [-0.1, -0.05) is 39.9 Å². The van der Waals surface area contributed by atoms with Crippen molar-refractivity contribution in [1.82, 2.24) is 15.0 Å². The highest BCUT2D eigenvalue weighted by Gasteiger charge is 2.16. The Morgan fingerprint density at radius 1 is 1.32 bits per heavy atom. The van der Waals surface area contributed by atoms with Crippen LogP contribution in [0.15, 0.2) is 24.5 Å². The number of rotatable bonds is 2. The van der Waals surface area contributed by atoms with E-state index in [1.165, 1.54) is 5.56 Å². The molecule has 0 aliphatic heterocycles. The maximum absolute atomic E-state index is 5.29. The van der Waals surface area contributed by atoms with Gasteiger partial charge in [0.25, 0.3) is 0 Å². The van der Waals surface area contributed by atoms with Gasteiger partial charge in [-0.2, -0.15) is 0 Å². The van der Waals surface area contributed by atoms with Gasteiger partial charge >= 0.3 is 0 Å². The minimum absolute atomic E-state index is 0.0185. The second-order valence-electron chi connectivity index (χ2n) is 5.62. The summed E-state index contributed by atoms with van der Waals surface area (Å²) in [7, 11) is 0. The fraction of sp³-hybridized carbons (Fsp3) is 0.400. The summed E-state index contributed by atoms with van der Waals surface area (Å²) >= 11 is 5.29. The SMILES string of the molecule is CCc1cnccc1-c1nc(=S)cc(C(C)(C)C)[nH]1. The Hall–Kier alpha value is -1.55. The number of nitrogens with zero attached hydrogens (tertiary/aromatic N) is 2. The molecule has 2 heterocycles. The van der Waals surface area contributed by atoms with Crippen LogP contribution in [-0.4, -0.2) is 15.0 Å². The summed E-state index contributed by atoms with van der Waals surface area (Å²) in [5.41, 5.74) is 3.37. The second-order valence-corrected chi connectivity index (χ2v) is 6.04. The van der Waals surface area contributed by atoms with Crippen LogP contribution < -0.4 is 0 Å². The van der Waals surface area contributed by atoms with Crippen LogP contribution in [0.1, 0.15) is 39.0 Å². The first-order valence-corrected chi connectivity index (χ1v) is 6.87. The van der Waals surface area contributed by atoms with Gasteiger partial charge in [-0.3, -0.25) is 4.98 Å². The van der Waals surface area contributed by atoms with Crippen molar-refractivity contribution >= 4 is 12.2 Å². The van der Waals surface area contributed by atoms with E-state index in [0.717, 1.165) is 23.5 Å². The van der Waals surface area contributed by atoms with Crippen molar-refractivity contribution in [2.75, 3.05) is 0 Å². The monoisotopic (exact) mass is 273 g/mol. The lowest BCUT2D eigenvalue weighted by Crippen LogP contribution is -2.14. The molecule has 0 saturated carbocycles. The molecule has 0 aliphatic carbocycles. The third-order valence-electron chi connectivity index (χ3n) is 3.09. The zero-order valence-electron chi connectivity index (χ0n) is 11.8. The summed E-state index contributed by atoms with van der Waals surface area (Å²) in [5.74, 6) is 0.830. The minimum atomic E-state index is 0.0185. The molecular formula is C15H19N3S. The summed E-state index contributed by atoms with van der Waals surface area (Å²) in [4.78, 5) is 12.0. The summed E-state index contributed by atoms with van der Waals surface area (Å²) in [5, 5.41) is 0. The maximum atomic E-state index is 5.29. The van der Waals surface area contributed by atoms with Gasteiger partial charge in [-0.05, 0) is 24.1 Å². The fourth-order valence-electron chi connectivity index (χ4n) is 1.93. The van der Waals surface area contributed by atoms with Gasteiger partial charge in [0.15, 0.2) is 0 Å². The number of nitrogens with one attached hydrogen (secondary N) is 1. The zero-order chi connectivity index (χ0) is 14.0. The molecule has 2 aromatic rings. The number of aryl methyl sites for hydroxylation is 1. The average molecular weight is 273 g/mol. The zero-order valence-corrected chi connectivity index (χ0v) is 12.6. The van der Waals surface area contributed by atoms with Crippen molar-refractivity contribution in [2.45, 2.75) is 39.5 Å². The molecule has 100 valence electrons. The van der Waals surface area contributed by atoms with E-state index >= 15 is 0 Å².